The predicted molar refractivity (Wildman–Crippen MR) is 111 cm³/mol. The molecule has 156 valence electrons. The highest BCUT2D eigenvalue weighted by molar-refractivity contribution is 7.89. The SMILES string of the molecule is COc1ccc(NC(=O)C[C@@H](C)c2ccccc2)cc1S(=O)(=O)N1CCOCC1. The molecule has 0 radical (unpaired) electrons. The molecule has 1 fully saturated rings. The van der Waals surface area contributed by atoms with Gasteiger partial charge in [-0.15, -0.1) is 0 Å². The van der Waals surface area contributed by atoms with Gasteiger partial charge in [-0.05, 0) is 29.7 Å². The zero-order chi connectivity index (χ0) is 20.9. The quantitative estimate of drug-likeness (QED) is 0.747. The Morgan fingerprint density at radius 2 is 1.86 bits per heavy atom. The summed E-state index contributed by atoms with van der Waals surface area (Å²) in [6, 6.07) is 14.4. The number of carbonyl (C=O) groups is 1. The number of amides is 1. The molecule has 1 atom stereocenters. The van der Waals surface area contributed by atoms with Gasteiger partial charge in [0.2, 0.25) is 15.9 Å². The van der Waals surface area contributed by atoms with Crippen LogP contribution in [0.1, 0.15) is 24.8 Å². The Balaban J connectivity index is 1.77. The number of benzene rings is 2. The van der Waals surface area contributed by atoms with Crippen molar-refractivity contribution in [2.24, 2.45) is 0 Å². The molecule has 7 nitrogen and oxygen atoms in total. The van der Waals surface area contributed by atoms with E-state index in [0.717, 1.165) is 5.56 Å². The van der Waals surface area contributed by atoms with Gasteiger partial charge >= 0.3 is 0 Å². The van der Waals surface area contributed by atoms with Gasteiger partial charge in [0.1, 0.15) is 10.6 Å². The van der Waals surface area contributed by atoms with E-state index in [1.807, 2.05) is 37.3 Å². The molecule has 0 bridgehead atoms. The summed E-state index contributed by atoms with van der Waals surface area (Å²) in [6.45, 7) is 3.27. The van der Waals surface area contributed by atoms with Crippen LogP contribution in [0.4, 0.5) is 5.69 Å². The Hall–Kier alpha value is -2.42. The van der Waals surface area contributed by atoms with Crippen LogP contribution in [0.3, 0.4) is 0 Å². The highest BCUT2D eigenvalue weighted by Crippen LogP contribution is 2.30. The second-order valence-corrected chi connectivity index (χ2v) is 8.85. The Morgan fingerprint density at radius 1 is 1.17 bits per heavy atom. The molecule has 0 aromatic heterocycles. The molecule has 0 unspecified atom stereocenters. The lowest BCUT2D eigenvalue weighted by Crippen LogP contribution is -2.40. The molecule has 29 heavy (non-hydrogen) atoms. The average molecular weight is 419 g/mol. The molecule has 1 amide bonds. The first kappa shape index (κ1) is 21.3. The Morgan fingerprint density at radius 3 is 2.52 bits per heavy atom. The number of morpholine rings is 1. The monoisotopic (exact) mass is 418 g/mol. The molecule has 3 rings (SSSR count). The standard InChI is InChI=1S/C21H26N2O5S/c1-16(17-6-4-3-5-7-17)14-21(24)22-18-8-9-19(27-2)20(15-18)29(25,26)23-10-12-28-13-11-23/h3-9,15-16H,10-14H2,1-2H3,(H,22,24)/t16-/m1/s1. The third kappa shape index (κ3) is 5.14. The third-order valence-electron chi connectivity index (χ3n) is 4.90. The van der Waals surface area contributed by atoms with E-state index in [9.17, 15) is 13.2 Å². The van der Waals surface area contributed by atoms with E-state index in [-0.39, 0.29) is 35.6 Å². The van der Waals surface area contributed by atoms with E-state index in [0.29, 0.717) is 25.3 Å². The first-order valence-electron chi connectivity index (χ1n) is 9.52. The molecular formula is C21H26N2O5S. The Bertz CT molecular complexity index is 941. The first-order chi connectivity index (χ1) is 13.9. The molecule has 1 heterocycles. The van der Waals surface area contributed by atoms with Crippen molar-refractivity contribution >= 4 is 21.6 Å². The summed E-state index contributed by atoms with van der Waals surface area (Å²) in [7, 11) is -2.33. The number of nitrogens with one attached hydrogen (secondary N) is 1. The van der Waals surface area contributed by atoms with Crippen LogP contribution in [0.5, 0.6) is 5.75 Å². The number of hydrogen-bond acceptors (Lipinski definition) is 5. The van der Waals surface area contributed by atoms with Gasteiger partial charge in [-0.3, -0.25) is 4.79 Å². The lowest BCUT2D eigenvalue weighted by Gasteiger charge is -2.26. The minimum Gasteiger partial charge on any atom is -0.495 e. The molecule has 1 N–H and O–H groups in total. The van der Waals surface area contributed by atoms with Crippen molar-refractivity contribution in [3.8, 4) is 5.75 Å². The van der Waals surface area contributed by atoms with Crippen LogP contribution >= 0.6 is 0 Å². The number of carbonyl (C=O) groups excluding carboxylic acids is 1. The minimum atomic E-state index is -3.75. The molecule has 2 aromatic rings. The number of methoxy groups -OCH3 is 1. The number of nitrogens with zero attached hydrogens (tertiary/aromatic N) is 1. The van der Waals surface area contributed by atoms with Crippen LogP contribution in [-0.2, 0) is 19.6 Å². The lowest BCUT2D eigenvalue weighted by atomic mass is 9.97. The predicted octanol–water partition coefficient (Wildman–Crippen LogP) is 2.85. The highest BCUT2D eigenvalue weighted by atomic mass is 32.2. The fourth-order valence-corrected chi connectivity index (χ4v) is 4.86. The lowest BCUT2D eigenvalue weighted by molar-refractivity contribution is -0.116. The number of hydrogen-bond donors (Lipinski definition) is 1. The number of rotatable bonds is 7. The second-order valence-electron chi connectivity index (χ2n) is 6.95. The van der Waals surface area contributed by atoms with Crippen molar-refractivity contribution in [2.75, 3.05) is 38.7 Å². The smallest absolute Gasteiger partial charge is 0.246 e. The Kier molecular flexibility index (Phi) is 6.89. The summed E-state index contributed by atoms with van der Waals surface area (Å²) in [5.41, 5.74) is 1.50. The van der Waals surface area contributed by atoms with Crippen LogP contribution in [0.2, 0.25) is 0 Å². The summed E-state index contributed by atoms with van der Waals surface area (Å²) in [5, 5.41) is 2.81. The highest BCUT2D eigenvalue weighted by Gasteiger charge is 2.29. The van der Waals surface area contributed by atoms with Crippen molar-refractivity contribution in [3.05, 3.63) is 54.1 Å². The average Bonchev–Trinajstić information content (AvgIpc) is 2.74. The Labute approximate surface area is 171 Å². The molecule has 0 aliphatic carbocycles. The number of anilines is 1. The van der Waals surface area contributed by atoms with Crippen molar-refractivity contribution in [2.45, 2.75) is 24.2 Å². The van der Waals surface area contributed by atoms with Gasteiger partial charge < -0.3 is 14.8 Å². The molecule has 1 aliphatic rings. The molecule has 1 aliphatic heterocycles. The second kappa shape index (κ2) is 9.39. The summed E-state index contributed by atoms with van der Waals surface area (Å²) in [4.78, 5) is 12.5. The molecule has 8 heteroatoms. The van der Waals surface area contributed by atoms with Crippen LogP contribution in [-0.4, -0.2) is 52.0 Å². The number of ether oxygens (including phenoxy) is 2. The summed E-state index contributed by atoms with van der Waals surface area (Å²) >= 11 is 0. The van der Waals surface area contributed by atoms with Crippen LogP contribution in [0.15, 0.2) is 53.4 Å². The van der Waals surface area contributed by atoms with E-state index >= 15 is 0 Å². The largest absolute Gasteiger partial charge is 0.495 e. The summed E-state index contributed by atoms with van der Waals surface area (Å²) < 4.78 is 38.0. The molecule has 2 aromatic carbocycles. The summed E-state index contributed by atoms with van der Waals surface area (Å²) in [6.07, 6.45) is 0.293. The molecule has 0 saturated carbocycles. The van der Waals surface area contributed by atoms with Crippen LogP contribution < -0.4 is 10.1 Å². The third-order valence-corrected chi connectivity index (χ3v) is 6.82. The topological polar surface area (TPSA) is 84.9 Å². The molecule has 0 spiro atoms. The summed E-state index contributed by atoms with van der Waals surface area (Å²) in [5.74, 6) is 0.111. The van der Waals surface area contributed by atoms with Crippen LogP contribution in [0.25, 0.3) is 0 Å². The first-order valence-corrected chi connectivity index (χ1v) is 11.0. The zero-order valence-electron chi connectivity index (χ0n) is 16.6. The van der Waals surface area contributed by atoms with Gasteiger partial charge in [0, 0.05) is 25.2 Å². The van der Waals surface area contributed by atoms with Crippen molar-refractivity contribution in [1.29, 1.82) is 0 Å². The fourth-order valence-electron chi connectivity index (χ4n) is 3.27. The van der Waals surface area contributed by atoms with E-state index in [1.165, 1.54) is 17.5 Å². The fraction of sp³-hybridized carbons (Fsp3) is 0.381. The minimum absolute atomic E-state index is 0.0378. The maximum atomic E-state index is 13.0. The van der Waals surface area contributed by atoms with Gasteiger partial charge in [0.05, 0.1) is 20.3 Å². The van der Waals surface area contributed by atoms with Crippen molar-refractivity contribution < 1.29 is 22.7 Å². The van der Waals surface area contributed by atoms with Crippen molar-refractivity contribution in [3.63, 3.8) is 0 Å². The van der Waals surface area contributed by atoms with Crippen LogP contribution in [0, 0.1) is 0 Å². The van der Waals surface area contributed by atoms with E-state index in [1.54, 1.807) is 12.1 Å². The van der Waals surface area contributed by atoms with Gasteiger partial charge in [-0.25, -0.2) is 8.42 Å². The zero-order valence-corrected chi connectivity index (χ0v) is 17.4. The molecular weight excluding hydrogens is 392 g/mol. The van der Waals surface area contributed by atoms with Gasteiger partial charge in [-0.2, -0.15) is 4.31 Å². The number of sulfonamides is 1. The molecule has 1 saturated heterocycles. The van der Waals surface area contributed by atoms with E-state index < -0.39 is 10.0 Å². The van der Waals surface area contributed by atoms with Gasteiger partial charge in [0.15, 0.2) is 0 Å². The van der Waals surface area contributed by atoms with E-state index in [4.69, 9.17) is 9.47 Å². The maximum absolute atomic E-state index is 13.0. The van der Waals surface area contributed by atoms with Crippen molar-refractivity contribution in [1.82, 2.24) is 4.31 Å². The van der Waals surface area contributed by atoms with Gasteiger partial charge in [-0.1, -0.05) is 37.3 Å². The maximum Gasteiger partial charge on any atom is 0.246 e. The normalized spacial score (nSPS) is 16.2. The van der Waals surface area contributed by atoms with E-state index in [2.05, 4.69) is 5.32 Å². The van der Waals surface area contributed by atoms with Gasteiger partial charge in [0.25, 0.3) is 0 Å².